The van der Waals surface area contributed by atoms with Gasteiger partial charge in [0.15, 0.2) is 0 Å². The second kappa shape index (κ2) is 8.35. The Hall–Kier alpha value is -3.99. The van der Waals surface area contributed by atoms with E-state index in [0.717, 1.165) is 11.4 Å². The van der Waals surface area contributed by atoms with Crippen LogP contribution in [0.25, 0.3) is 0 Å². The number of carbonyl (C=O) groups is 2. The number of fused-ring (bicyclic) bond motifs is 1. The molecule has 35 heavy (non-hydrogen) atoms. The monoisotopic (exact) mass is 471 g/mol. The van der Waals surface area contributed by atoms with Crippen molar-refractivity contribution in [3.05, 3.63) is 77.1 Å². The summed E-state index contributed by atoms with van der Waals surface area (Å²) >= 11 is 0. The number of amides is 2. The highest BCUT2D eigenvalue weighted by molar-refractivity contribution is 6.05. The summed E-state index contributed by atoms with van der Waals surface area (Å²) < 4.78 is 17.1. The Balaban J connectivity index is 1.41. The minimum Gasteiger partial charge on any atom is -0.331 e. The molecule has 2 aliphatic heterocycles. The second-order valence-electron chi connectivity index (χ2n) is 9.94. The van der Waals surface area contributed by atoms with E-state index in [1.165, 1.54) is 6.07 Å². The van der Waals surface area contributed by atoms with Gasteiger partial charge in [0.1, 0.15) is 11.6 Å². The summed E-state index contributed by atoms with van der Waals surface area (Å²) in [6.45, 7) is 6.98. The zero-order chi connectivity index (χ0) is 24.9. The second-order valence-corrected chi connectivity index (χ2v) is 9.94. The predicted octanol–water partition coefficient (Wildman–Crippen LogP) is 3.93. The highest BCUT2D eigenvalue weighted by atomic mass is 19.1. The number of carbonyl (C=O) groups excluding carboxylic acids is 2. The van der Waals surface area contributed by atoms with Crippen LogP contribution < -0.4 is 9.80 Å². The Morgan fingerprint density at radius 1 is 1.29 bits per heavy atom. The number of halogens is 1. The maximum atomic E-state index is 15.2. The van der Waals surface area contributed by atoms with Crippen molar-refractivity contribution in [2.75, 3.05) is 22.9 Å². The minimum absolute atomic E-state index is 0.0857. The first kappa shape index (κ1) is 22.8. The van der Waals surface area contributed by atoms with E-state index in [1.54, 1.807) is 40.3 Å². The van der Waals surface area contributed by atoms with Gasteiger partial charge in [0, 0.05) is 48.6 Å². The molecule has 2 aromatic carbocycles. The molecule has 178 valence electrons. The fourth-order valence-electron chi connectivity index (χ4n) is 5.10. The van der Waals surface area contributed by atoms with E-state index in [9.17, 15) is 14.9 Å². The average molecular weight is 472 g/mol. The molecule has 0 saturated carbocycles. The Labute approximate surface area is 203 Å². The van der Waals surface area contributed by atoms with Crippen LogP contribution in [-0.2, 0) is 21.5 Å². The summed E-state index contributed by atoms with van der Waals surface area (Å²) in [7, 11) is 0. The molecule has 0 spiro atoms. The fraction of sp³-hybridized carbons (Fsp3) is 0.333. The van der Waals surface area contributed by atoms with Crippen molar-refractivity contribution < 1.29 is 14.0 Å². The van der Waals surface area contributed by atoms with Crippen molar-refractivity contribution in [1.29, 1.82) is 5.26 Å². The summed E-state index contributed by atoms with van der Waals surface area (Å²) in [4.78, 5) is 33.8. The normalized spacial score (nSPS) is 18.6. The van der Waals surface area contributed by atoms with Gasteiger partial charge in [-0.3, -0.25) is 9.59 Å². The number of benzene rings is 2. The minimum atomic E-state index is -0.536. The number of rotatable bonds is 4. The van der Waals surface area contributed by atoms with Crippen LogP contribution in [0, 0.1) is 30.0 Å². The maximum absolute atomic E-state index is 15.2. The molecule has 1 saturated heterocycles. The van der Waals surface area contributed by atoms with Crippen molar-refractivity contribution >= 4 is 23.2 Å². The molecule has 7 nitrogen and oxygen atoms in total. The van der Waals surface area contributed by atoms with Gasteiger partial charge in [-0.25, -0.2) is 9.37 Å². The van der Waals surface area contributed by atoms with Crippen molar-refractivity contribution in [1.82, 2.24) is 9.55 Å². The van der Waals surface area contributed by atoms with Crippen LogP contribution in [0.5, 0.6) is 0 Å². The lowest BCUT2D eigenvalue weighted by atomic mass is 9.86. The summed E-state index contributed by atoms with van der Waals surface area (Å²) in [5.74, 6) is -0.441. The van der Waals surface area contributed by atoms with Crippen LogP contribution in [0.3, 0.4) is 0 Å². The summed E-state index contributed by atoms with van der Waals surface area (Å²) in [6, 6.07) is 12.2. The molecule has 0 unspecified atom stereocenters. The molecule has 1 aromatic heterocycles. The third-order valence-corrected chi connectivity index (χ3v) is 7.03. The van der Waals surface area contributed by atoms with Crippen LogP contribution in [0.2, 0.25) is 0 Å². The van der Waals surface area contributed by atoms with E-state index in [4.69, 9.17) is 0 Å². The molecule has 0 N–H and O–H groups in total. The van der Waals surface area contributed by atoms with Crippen molar-refractivity contribution in [3.63, 3.8) is 0 Å². The quantitative estimate of drug-likeness (QED) is 0.577. The highest BCUT2D eigenvalue weighted by Crippen LogP contribution is 2.43. The molecule has 1 fully saturated rings. The third kappa shape index (κ3) is 3.97. The van der Waals surface area contributed by atoms with Gasteiger partial charge in [-0.1, -0.05) is 19.9 Å². The molecule has 8 heteroatoms. The van der Waals surface area contributed by atoms with Gasteiger partial charge in [0.2, 0.25) is 11.8 Å². The van der Waals surface area contributed by atoms with Crippen LogP contribution in [0.15, 0.2) is 48.8 Å². The number of hydrogen-bond acceptors (Lipinski definition) is 4. The lowest BCUT2D eigenvalue weighted by Crippen LogP contribution is -2.39. The van der Waals surface area contributed by atoms with Crippen LogP contribution in [0.1, 0.15) is 42.8 Å². The molecule has 3 heterocycles. The fourth-order valence-corrected chi connectivity index (χ4v) is 5.10. The Bertz CT molecular complexity index is 1390. The van der Waals surface area contributed by atoms with Crippen molar-refractivity contribution in [2.45, 2.75) is 39.2 Å². The molecule has 3 aromatic rings. The van der Waals surface area contributed by atoms with Gasteiger partial charge in [0.25, 0.3) is 0 Å². The standard InChI is InChI=1S/C27H26FN5O2/c1-17-30-7-8-31(17)14-19-10-22-24(12-23(19)28)33(16-27(22,2)3)26(35)20-11-25(34)32(15-20)21-6-4-5-18(9-21)13-29/h4-10,12,20H,11,14-16H2,1-3H3/t20-/m0/s1. The molecule has 0 radical (unpaired) electrons. The van der Waals surface area contributed by atoms with E-state index in [-0.39, 0.29) is 36.0 Å². The number of imidazole rings is 1. The van der Waals surface area contributed by atoms with E-state index in [0.29, 0.717) is 35.6 Å². The van der Waals surface area contributed by atoms with Crippen LogP contribution in [-0.4, -0.2) is 34.5 Å². The zero-order valence-electron chi connectivity index (χ0n) is 20.0. The Morgan fingerprint density at radius 3 is 2.80 bits per heavy atom. The first-order valence-corrected chi connectivity index (χ1v) is 11.6. The van der Waals surface area contributed by atoms with Crippen molar-refractivity contribution in [3.8, 4) is 6.07 Å². The number of aromatic nitrogens is 2. The Morgan fingerprint density at radius 2 is 2.09 bits per heavy atom. The molecule has 2 amide bonds. The number of nitrogens with zero attached hydrogens (tertiary/aromatic N) is 5. The average Bonchev–Trinajstić information content (AvgIpc) is 3.49. The molecule has 5 rings (SSSR count). The van der Waals surface area contributed by atoms with Gasteiger partial charge in [-0.15, -0.1) is 0 Å². The molecule has 0 aliphatic carbocycles. The van der Waals surface area contributed by atoms with Gasteiger partial charge < -0.3 is 14.4 Å². The van der Waals surface area contributed by atoms with Crippen LogP contribution in [0.4, 0.5) is 15.8 Å². The zero-order valence-corrected chi connectivity index (χ0v) is 20.0. The van der Waals surface area contributed by atoms with E-state index >= 15 is 4.39 Å². The SMILES string of the molecule is Cc1nccn1Cc1cc2c(cc1F)N(C(=O)[C@H]1CC(=O)N(c3cccc(C#N)c3)C1)CC2(C)C. The van der Waals surface area contributed by atoms with E-state index in [1.807, 2.05) is 37.6 Å². The van der Waals surface area contributed by atoms with Crippen LogP contribution >= 0.6 is 0 Å². The number of nitriles is 1. The molecular formula is C27H26FN5O2. The first-order chi connectivity index (χ1) is 16.7. The topological polar surface area (TPSA) is 82.2 Å². The van der Waals surface area contributed by atoms with Crippen molar-refractivity contribution in [2.24, 2.45) is 5.92 Å². The lowest BCUT2D eigenvalue weighted by molar-refractivity contribution is -0.124. The van der Waals surface area contributed by atoms with E-state index < -0.39 is 5.92 Å². The number of anilines is 2. The van der Waals surface area contributed by atoms with Gasteiger partial charge in [0.05, 0.1) is 29.8 Å². The predicted molar refractivity (Wildman–Crippen MR) is 129 cm³/mol. The number of hydrogen-bond donors (Lipinski definition) is 0. The summed E-state index contributed by atoms with van der Waals surface area (Å²) in [6.07, 6.45) is 3.59. The lowest BCUT2D eigenvalue weighted by Gasteiger charge is -2.23. The third-order valence-electron chi connectivity index (χ3n) is 7.03. The largest absolute Gasteiger partial charge is 0.331 e. The molecule has 1 atom stereocenters. The van der Waals surface area contributed by atoms with Gasteiger partial charge >= 0.3 is 0 Å². The highest BCUT2D eigenvalue weighted by Gasteiger charge is 2.44. The Kier molecular flexibility index (Phi) is 5.43. The smallest absolute Gasteiger partial charge is 0.232 e. The number of aryl methyl sites for hydroxylation is 1. The van der Waals surface area contributed by atoms with Gasteiger partial charge in [-0.2, -0.15) is 5.26 Å². The summed E-state index contributed by atoms with van der Waals surface area (Å²) in [5, 5.41) is 9.17. The molecular weight excluding hydrogens is 445 g/mol. The maximum Gasteiger partial charge on any atom is 0.232 e. The first-order valence-electron chi connectivity index (χ1n) is 11.6. The molecule has 0 bridgehead atoms. The van der Waals surface area contributed by atoms with E-state index in [2.05, 4.69) is 11.1 Å². The van der Waals surface area contributed by atoms with Gasteiger partial charge in [-0.05, 0) is 42.8 Å². The molecule has 2 aliphatic rings. The summed E-state index contributed by atoms with van der Waals surface area (Å²) in [5.41, 5.74) is 2.74.